The molecule has 0 aliphatic heterocycles. The zero-order valence-electron chi connectivity index (χ0n) is 27.1. The second-order valence-electron chi connectivity index (χ2n) is 12.9. The summed E-state index contributed by atoms with van der Waals surface area (Å²) < 4.78 is 0. The number of para-hydroxylation sites is 2. The number of rotatable bonds is 9. The molecule has 0 fully saturated rings. The molecule has 0 bridgehead atoms. The molecule has 2 rings (SSSR count). The van der Waals surface area contributed by atoms with Crippen molar-refractivity contribution in [1.29, 1.82) is 0 Å². The van der Waals surface area contributed by atoms with Gasteiger partial charge in [-0.2, -0.15) is 0 Å². The lowest BCUT2D eigenvalue weighted by atomic mass is 10.2. The standard InChI is InChI=1S/C36H52N2Si2/c1-27(2)39(28(3)4,29(5)6)25-23-35(37-33-19-15-13-16-20-33)36(38-34-21-17-14-18-22-34)24-26-40(30(7)8,31(9)10)32(11)12/h13-22,27-32H,1-12H3. The molecule has 0 atom stereocenters. The van der Waals surface area contributed by atoms with Crippen LogP contribution in [0.1, 0.15) is 83.1 Å². The average molecular weight is 569 g/mol. The van der Waals surface area contributed by atoms with Crippen LogP contribution in [0.15, 0.2) is 70.6 Å². The van der Waals surface area contributed by atoms with E-state index in [9.17, 15) is 0 Å². The molecule has 214 valence electrons. The Morgan fingerprint density at radius 2 is 0.700 bits per heavy atom. The largest absolute Gasteiger partial charge is 0.237 e. The smallest absolute Gasteiger partial charge is 0.147 e. The van der Waals surface area contributed by atoms with Crippen LogP contribution < -0.4 is 0 Å². The topological polar surface area (TPSA) is 24.7 Å². The maximum Gasteiger partial charge on any atom is 0.147 e. The van der Waals surface area contributed by atoms with Gasteiger partial charge < -0.3 is 0 Å². The Hall–Kier alpha value is -2.67. The number of benzene rings is 2. The predicted octanol–water partition coefficient (Wildman–Crippen LogP) is 11.0. The van der Waals surface area contributed by atoms with Gasteiger partial charge in [0, 0.05) is 0 Å². The average Bonchev–Trinajstić information content (AvgIpc) is 2.88. The highest BCUT2D eigenvalue weighted by molar-refractivity contribution is 6.91. The van der Waals surface area contributed by atoms with E-state index in [4.69, 9.17) is 9.98 Å². The summed E-state index contributed by atoms with van der Waals surface area (Å²) in [6, 6.07) is 20.2. The molecule has 0 aliphatic rings. The van der Waals surface area contributed by atoms with Crippen LogP contribution >= 0.6 is 0 Å². The zero-order valence-corrected chi connectivity index (χ0v) is 29.1. The summed E-state index contributed by atoms with van der Waals surface area (Å²) in [6.45, 7) is 28.2. The highest BCUT2D eigenvalue weighted by atomic mass is 28.3. The van der Waals surface area contributed by atoms with Gasteiger partial charge in [-0.25, -0.2) is 9.98 Å². The van der Waals surface area contributed by atoms with Gasteiger partial charge in [-0.15, -0.1) is 11.1 Å². The fourth-order valence-electron chi connectivity index (χ4n) is 6.74. The molecular weight excluding hydrogens is 517 g/mol. The summed E-state index contributed by atoms with van der Waals surface area (Å²) in [5, 5.41) is 0. The first-order valence-corrected chi connectivity index (χ1v) is 19.6. The maximum atomic E-state index is 5.12. The van der Waals surface area contributed by atoms with Gasteiger partial charge in [0.25, 0.3) is 0 Å². The minimum Gasteiger partial charge on any atom is -0.237 e. The van der Waals surface area contributed by atoms with Crippen LogP contribution in [0.25, 0.3) is 0 Å². The third kappa shape index (κ3) is 7.75. The van der Waals surface area contributed by atoms with Crippen LogP contribution in [0.2, 0.25) is 33.2 Å². The highest BCUT2D eigenvalue weighted by Gasteiger charge is 2.43. The normalized spacial score (nSPS) is 13.2. The summed E-state index contributed by atoms with van der Waals surface area (Å²) >= 11 is 0. The molecule has 4 heteroatoms. The van der Waals surface area contributed by atoms with Crippen LogP contribution in [-0.2, 0) is 0 Å². The van der Waals surface area contributed by atoms with Gasteiger partial charge in [-0.05, 0) is 57.5 Å². The molecule has 0 aromatic heterocycles. The fraction of sp³-hybridized carbons (Fsp3) is 0.500. The van der Waals surface area contributed by atoms with E-state index in [1.807, 2.05) is 60.7 Å². The van der Waals surface area contributed by atoms with E-state index in [0.717, 1.165) is 11.4 Å². The van der Waals surface area contributed by atoms with E-state index in [1.54, 1.807) is 0 Å². The van der Waals surface area contributed by atoms with Crippen LogP contribution in [0, 0.1) is 22.9 Å². The minimum absolute atomic E-state index is 0.529. The van der Waals surface area contributed by atoms with Crippen LogP contribution in [0.3, 0.4) is 0 Å². The lowest BCUT2D eigenvalue weighted by Gasteiger charge is -2.38. The summed E-state index contributed by atoms with van der Waals surface area (Å²) in [4.78, 5) is 10.2. The van der Waals surface area contributed by atoms with Crippen LogP contribution in [0.4, 0.5) is 11.4 Å². The lowest BCUT2D eigenvalue weighted by molar-refractivity contribution is 0.838. The van der Waals surface area contributed by atoms with Crippen molar-refractivity contribution in [3.8, 4) is 22.9 Å². The Morgan fingerprint density at radius 3 is 0.925 bits per heavy atom. The molecule has 0 saturated carbocycles. The molecule has 2 nitrogen and oxygen atoms in total. The van der Waals surface area contributed by atoms with E-state index in [0.29, 0.717) is 44.7 Å². The second-order valence-corrected chi connectivity index (χ2v) is 24.0. The van der Waals surface area contributed by atoms with Crippen molar-refractivity contribution >= 4 is 38.9 Å². The van der Waals surface area contributed by atoms with Crippen LogP contribution in [-0.4, -0.2) is 27.6 Å². The molecule has 0 radical (unpaired) electrons. The van der Waals surface area contributed by atoms with Crippen molar-refractivity contribution < 1.29 is 0 Å². The summed E-state index contributed by atoms with van der Waals surface area (Å²) in [5.74, 6) is 7.28. The molecule has 0 heterocycles. The third-order valence-electron chi connectivity index (χ3n) is 8.75. The Labute approximate surface area is 248 Å². The molecule has 2 aromatic rings. The van der Waals surface area contributed by atoms with Crippen molar-refractivity contribution in [1.82, 2.24) is 0 Å². The van der Waals surface area contributed by atoms with Crippen LogP contribution in [0.5, 0.6) is 0 Å². The minimum atomic E-state index is -2.00. The number of hydrogen-bond acceptors (Lipinski definition) is 2. The molecule has 0 saturated heterocycles. The predicted molar refractivity (Wildman–Crippen MR) is 185 cm³/mol. The Bertz CT molecular complexity index is 1120. The first-order chi connectivity index (χ1) is 18.8. The maximum absolute atomic E-state index is 5.12. The van der Waals surface area contributed by atoms with Gasteiger partial charge >= 0.3 is 0 Å². The number of hydrogen-bond donors (Lipinski definition) is 0. The first-order valence-electron chi connectivity index (χ1n) is 15.1. The fourth-order valence-corrected chi connectivity index (χ4v) is 17.1. The lowest BCUT2D eigenvalue weighted by Crippen LogP contribution is -2.43. The SMILES string of the molecule is CC(C)[Si](C#CC(=Nc1ccccc1)C(C#C[Si](C(C)C)(C(C)C)C(C)C)=Nc1ccccc1)(C(C)C)C(C)C. The molecule has 40 heavy (non-hydrogen) atoms. The van der Waals surface area contributed by atoms with E-state index in [-0.39, 0.29) is 0 Å². The van der Waals surface area contributed by atoms with Gasteiger partial charge in [0.1, 0.15) is 27.6 Å². The van der Waals surface area contributed by atoms with Gasteiger partial charge in [-0.3, -0.25) is 0 Å². The Morgan fingerprint density at radius 1 is 0.450 bits per heavy atom. The number of aliphatic imine (C=N–C) groups is 2. The quantitative estimate of drug-likeness (QED) is 0.163. The highest BCUT2D eigenvalue weighted by Crippen LogP contribution is 2.41. The van der Waals surface area contributed by atoms with Gasteiger partial charge in [0.05, 0.1) is 11.4 Å². The van der Waals surface area contributed by atoms with E-state index in [1.165, 1.54) is 0 Å². The summed E-state index contributed by atoms with van der Waals surface area (Å²) in [6.07, 6.45) is 0. The van der Waals surface area contributed by atoms with Gasteiger partial charge in [-0.1, -0.05) is 131 Å². The van der Waals surface area contributed by atoms with Gasteiger partial charge in [0.2, 0.25) is 0 Å². The zero-order chi connectivity index (χ0) is 30.1. The first kappa shape index (κ1) is 33.5. The Balaban J connectivity index is 2.97. The van der Waals surface area contributed by atoms with Crippen molar-refractivity contribution in [3.05, 3.63) is 60.7 Å². The monoisotopic (exact) mass is 568 g/mol. The summed E-state index contributed by atoms with van der Waals surface area (Å²) in [7, 11) is -3.99. The molecule has 0 amide bonds. The van der Waals surface area contributed by atoms with Crippen molar-refractivity contribution in [2.45, 2.75) is 116 Å². The molecule has 2 aromatic carbocycles. The van der Waals surface area contributed by atoms with E-state index >= 15 is 0 Å². The van der Waals surface area contributed by atoms with Crippen molar-refractivity contribution in [2.24, 2.45) is 9.98 Å². The van der Waals surface area contributed by atoms with Crippen molar-refractivity contribution in [2.75, 3.05) is 0 Å². The van der Waals surface area contributed by atoms with Crippen molar-refractivity contribution in [3.63, 3.8) is 0 Å². The Kier molecular flexibility index (Phi) is 12.4. The molecule has 0 aliphatic carbocycles. The summed E-state index contributed by atoms with van der Waals surface area (Å²) in [5.41, 5.74) is 14.1. The molecular formula is C36H52N2Si2. The molecule has 0 N–H and O–H groups in total. The number of nitrogens with zero attached hydrogens (tertiary/aromatic N) is 2. The second kappa shape index (κ2) is 14.8. The molecule has 0 spiro atoms. The molecule has 0 unspecified atom stereocenters. The van der Waals surface area contributed by atoms with Gasteiger partial charge in [0.15, 0.2) is 0 Å². The third-order valence-corrected chi connectivity index (χ3v) is 21.3. The van der Waals surface area contributed by atoms with E-state index in [2.05, 4.69) is 106 Å². The van der Waals surface area contributed by atoms with E-state index < -0.39 is 16.1 Å².